The number of hydrogen-bond donors (Lipinski definition) is 0. The Kier molecular flexibility index (Phi) is 13.3. The summed E-state index contributed by atoms with van der Waals surface area (Å²) >= 11 is 0. The van der Waals surface area contributed by atoms with E-state index in [9.17, 15) is 18.4 Å². The lowest BCUT2D eigenvalue weighted by molar-refractivity contribution is 0.0908. The van der Waals surface area contributed by atoms with E-state index in [0.717, 1.165) is 157 Å². The van der Waals surface area contributed by atoms with Gasteiger partial charge in [0.1, 0.15) is 11.6 Å². The van der Waals surface area contributed by atoms with Crippen molar-refractivity contribution in [2.75, 3.05) is 75.2 Å². The average molecular weight is 769 g/mol. The summed E-state index contributed by atoms with van der Waals surface area (Å²) in [6.45, 7) is 13.3. The van der Waals surface area contributed by atoms with Gasteiger partial charge in [-0.2, -0.15) is 10.2 Å². The number of carbonyl (C=O) groups excluding carboxylic acids is 2. The van der Waals surface area contributed by atoms with E-state index in [2.05, 4.69) is 29.8 Å². The highest BCUT2D eigenvalue weighted by Gasteiger charge is 2.25. The smallest absolute Gasteiger partial charge is 0.243 e. The van der Waals surface area contributed by atoms with Gasteiger partial charge in [0.15, 0.2) is 0 Å². The Morgan fingerprint density at radius 2 is 1.05 bits per heavy atom. The summed E-state index contributed by atoms with van der Waals surface area (Å²) in [5.41, 5.74) is 9.44. The Labute approximate surface area is 330 Å². The molecule has 0 radical (unpaired) electrons. The molecule has 0 saturated carbocycles. The maximum atomic E-state index is 13.1. The normalized spacial score (nSPS) is 17.6. The predicted octanol–water partition coefficient (Wildman–Crippen LogP) is 6.63. The second kappa shape index (κ2) is 18.7. The number of carbonyl (C=O) groups is 2. The summed E-state index contributed by atoms with van der Waals surface area (Å²) in [4.78, 5) is 33.5. The quantitative estimate of drug-likeness (QED) is 0.178. The van der Waals surface area contributed by atoms with Gasteiger partial charge < -0.3 is 9.80 Å². The van der Waals surface area contributed by atoms with Gasteiger partial charge in [-0.1, -0.05) is 0 Å². The van der Waals surface area contributed by atoms with E-state index in [0.29, 0.717) is 0 Å². The fourth-order valence-electron chi connectivity index (χ4n) is 8.98. The van der Waals surface area contributed by atoms with E-state index < -0.39 is 0 Å². The SMILES string of the molecule is CC(=O)n1nc(CCCN2CCN(c3ccc(F)cc3)CC2)c2c1CCCC2.CC(=O)n1nc2c(c1CCCN1CCN(c3ccc(F)cc3)CC1)CCCC2. The molecule has 56 heavy (non-hydrogen) atoms. The molecule has 0 amide bonds. The number of benzene rings is 2. The topological polar surface area (TPSA) is 82.7 Å². The Morgan fingerprint density at radius 1 is 0.571 bits per heavy atom. The number of nitrogens with zero attached hydrogens (tertiary/aromatic N) is 8. The second-order valence-electron chi connectivity index (χ2n) is 15.8. The van der Waals surface area contributed by atoms with Crippen LogP contribution in [-0.2, 0) is 38.5 Å². The number of rotatable bonds is 10. The van der Waals surface area contributed by atoms with Crippen LogP contribution in [0.2, 0.25) is 0 Å². The molecule has 10 nitrogen and oxygen atoms in total. The summed E-state index contributed by atoms with van der Waals surface area (Å²) in [5, 5.41) is 9.23. The fourth-order valence-corrected chi connectivity index (χ4v) is 8.98. The van der Waals surface area contributed by atoms with Crippen molar-refractivity contribution in [1.82, 2.24) is 29.4 Å². The minimum atomic E-state index is -0.186. The Hall–Kier alpha value is -4.42. The Morgan fingerprint density at radius 3 is 1.59 bits per heavy atom. The van der Waals surface area contributed by atoms with E-state index >= 15 is 0 Å². The first-order valence-electron chi connectivity index (χ1n) is 20.9. The molecule has 2 saturated heterocycles. The van der Waals surface area contributed by atoms with Crippen LogP contribution in [0, 0.1) is 11.6 Å². The van der Waals surface area contributed by atoms with Crippen LogP contribution in [0.4, 0.5) is 20.2 Å². The molecule has 0 N–H and O–H groups in total. The Balaban J connectivity index is 0.000000172. The van der Waals surface area contributed by atoms with Gasteiger partial charge in [-0.3, -0.25) is 19.4 Å². The zero-order valence-electron chi connectivity index (χ0n) is 33.3. The van der Waals surface area contributed by atoms with Crippen LogP contribution in [0.1, 0.15) is 95.9 Å². The van der Waals surface area contributed by atoms with Crippen LogP contribution in [0.25, 0.3) is 0 Å². The standard InChI is InChI=1S/2C22H29FN4O/c1-17(28)27-22-7-3-2-5-20(22)21(24-27)6-4-12-25-13-15-26(16-14-25)19-10-8-18(23)9-11-19;1-17(28)27-22(20-5-2-3-6-21(20)24-27)7-4-12-25-13-15-26(16-14-25)19-10-8-18(23)9-11-19/h2*8-11H,2-7,12-16H2,1H3. The minimum absolute atomic E-state index is 0.0253. The number of hydrogen-bond acceptors (Lipinski definition) is 8. The molecular formula is C44H58F2N8O2. The molecule has 0 atom stereocenters. The van der Waals surface area contributed by atoms with Crippen molar-refractivity contribution in [2.45, 2.75) is 90.9 Å². The van der Waals surface area contributed by atoms with Crippen LogP contribution >= 0.6 is 0 Å². The van der Waals surface area contributed by atoms with Crippen molar-refractivity contribution in [3.63, 3.8) is 0 Å². The van der Waals surface area contributed by atoms with Gasteiger partial charge in [0, 0.05) is 77.6 Å². The summed E-state index contributed by atoms with van der Waals surface area (Å²) in [6.07, 6.45) is 12.8. The van der Waals surface area contributed by atoms with Gasteiger partial charge in [-0.25, -0.2) is 18.1 Å². The highest BCUT2D eigenvalue weighted by atomic mass is 19.1. The predicted molar refractivity (Wildman–Crippen MR) is 217 cm³/mol. The molecule has 2 aromatic heterocycles. The minimum Gasteiger partial charge on any atom is -0.369 e. The van der Waals surface area contributed by atoms with Crippen molar-refractivity contribution in [1.29, 1.82) is 0 Å². The van der Waals surface area contributed by atoms with Crippen molar-refractivity contribution >= 4 is 23.2 Å². The highest BCUT2D eigenvalue weighted by molar-refractivity contribution is 5.77. The molecule has 8 rings (SSSR count). The number of anilines is 2. The molecule has 300 valence electrons. The molecule has 2 aliphatic heterocycles. The number of piperazine rings is 2. The first-order chi connectivity index (χ1) is 27.2. The van der Waals surface area contributed by atoms with Crippen LogP contribution in [0.15, 0.2) is 48.5 Å². The molecule has 4 aromatic rings. The van der Waals surface area contributed by atoms with E-state index in [1.807, 2.05) is 24.3 Å². The second-order valence-corrected chi connectivity index (χ2v) is 15.8. The van der Waals surface area contributed by atoms with Gasteiger partial charge in [-0.15, -0.1) is 0 Å². The van der Waals surface area contributed by atoms with Gasteiger partial charge in [0.25, 0.3) is 0 Å². The molecule has 4 heterocycles. The Bertz CT molecular complexity index is 1920. The van der Waals surface area contributed by atoms with Gasteiger partial charge in [0.05, 0.1) is 22.8 Å². The monoisotopic (exact) mass is 768 g/mol. The molecule has 2 aromatic carbocycles. The zero-order valence-corrected chi connectivity index (χ0v) is 33.3. The zero-order chi connectivity index (χ0) is 39.0. The van der Waals surface area contributed by atoms with Crippen LogP contribution < -0.4 is 9.80 Å². The van der Waals surface area contributed by atoms with Crippen molar-refractivity contribution in [3.05, 3.63) is 94.1 Å². The maximum Gasteiger partial charge on any atom is 0.243 e. The molecular weight excluding hydrogens is 711 g/mol. The molecule has 0 unspecified atom stereocenters. The van der Waals surface area contributed by atoms with Crippen LogP contribution in [0.3, 0.4) is 0 Å². The van der Waals surface area contributed by atoms with Crippen LogP contribution in [0.5, 0.6) is 0 Å². The van der Waals surface area contributed by atoms with Gasteiger partial charge in [0.2, 0.25) is 11.8 Å². The van der Waals surface area contributed by atoms with Crippen molar-refractivity contribution < 1.29 is 18.4 Å². The number of fused-ring (bicyclic) bond motifs is 2. The van der Waals surface area contributed by atoms with E-state index in [4.69, 9.17) is 0 Å². The summed E-state index contributed by atoms with van der Waals surface area (Å²) in [5.74, 6) is -0.315. The summed E-state index contributed by atoms with van der Waals surface area (Å²) < 4.78 is 29.5. The van der Waals surface area contributed by atoms with E-state index in [1.165, 1.54) is 54.7 Å². The third kappa shape index (κ3) is 9.74. The lowest BCUT2D eigenvalue weighted by Crippen LogP contribution is -2.46. The van der Waals surface area contributed by atoms with Gasteiger partial charge in [-0.05, 0) is 150 Å². The fraction of sp³-hybridized carbons (Fsp3) is 0.545. The molecule has 2 fully saturated rings. The molecule has 4 aliphatic rings. The molecule has 0 bridgehead atoms. The largest absolute Gasteiger partial charge is 0.369 e. The number of aromatic nitrogens is 4. The maximum absolute atomic E-state index is 13.1. The van der Waals surface area contributed by atoms with E-state index in [1.54, 1.807) is 23.2 Å². The summed E-state index contributed by atoms with van der Waals surface area (Å²) in [6, 6.07) is 13.6. The average Bonchev–Trinajstić information content (AvgIpc) is 3.79. The highest BCUT2D eigenvalue weighted by Crippen LogP contribution is 2.27. The third-order valence-electron chi connectivity index (χ3n) is 12.0. The van der Waals surface area contributed by atoms with E-state index in [-0.39, 0.29) is 23.4 Å². The molecule has 12 heteroatoms. The molecule has 0 spiro atoms. The first-order valence-corrected chi connectivity index (χ1v) is 20.9. The van der Waals surface area contributed by atoms with Crippen LogP contribution in [-0.4, -0.2) is 107 Å². The number of halogens is 2. The lowest BCUT2D eigenvalue weighted by atomic mass is 9.94. The lowest BCUT2D eigenvalue weighted by Gasteiger charge is -2.36. The number of aryl methyl sites for hydroxylation is 2. The first kappa shape index (κ1) is 39.8. The summed E-state index contributed by atoms with van der Waals surface area (Å²) in [7, 11) is 0. The third-order valence-corrected chi connectivity index (χ3v) is 12.0. The van der Waals surface area contributed by atoms with Crippen molar-refractivity contribution in [3.8, 4) is 0 Å². The van der Waals surface area contributed by atoms with Crippen molar-refractivity contribution in [2.24, 2.45) is 0 Å². The van der Waals surface area contributed by atoms with Gasteiger partial charge >= 0.3 is 0 Å². The molecule has 2 aliphatic carbocycles.